The average Bonchev–Trinajstić information content (AvgIpc) is 2.83. The monoisotopic (exact) mass is 320 g/mol. The molecule has 0 N–H and O–H groups in total. The summed E-state index contributed by atoms with van der Waals surface area (Å²) in [5.41, 5.74) is 2.91. The van der Waals surface area contributed by atoms with Crippen LogP contribution in [0.15, 0.2) is 42.5 Å². The van der Waals surface area contributed by atoms with Gasteiger partial charge in [0.05, 0.1) is 23.6 Å². The number of hydrogen-bond donors (Lipinski definition) is 0. The molecule has 0 spiro atoms. The van der Waals surface area contributed by atoms with Gasteiger partial charge in [0.15, 0.2) is 0 Å². The van der Waals surface area contributed by atoms with Crippen molar-refractivity contribution in [2.75, 3.05) is 23.5 Å². The Morgan fingerprint density at radius 2 is 1.61 bits per heavy atom. The topological polar surface area (TPSA) is 6.48 Å². The van der Waals surface area contributed by atoms with Crippen LogP contribution in [-0.4, -0.2) is 13.7 Å². The molecule has 1 aliphatic rings. The quantitative estimate of drug-likeness (QED) is 0.733. The van der Waals surface area contributed by atoms with Crippen molar-refractivity contribution < 1.29 is 13.2 Å². The zero-order chi connectivity index (χ0) is 16.8. The Hall–Kier alpha value is -2.17. The van der Waals surface area contributed by atoms with Crippen LogP contribution in [0.2, 0.25) is 0 Å². The van der Waals surface area contributed by atoms with Gasteiger partial charge in [0, 0.05) is 12.7 Å². The molecule has 0 fully saturated rings. The van der Waals surface area contributed by atoms with Crippen LogP contribution in [0, 0.1) is 0 Å². The van der Waals surface area contributed by atoms with E-state index in [9.17, 15) is 13.2 Å². The highest BCUT2D eigenvalue weighted by molar-refractivity contribution is 5.83. The third kappa shape index (κ3) is 2.76. The third-order valence-electron chi connectivity index (χ3n) is 4.21. The molecule has 3 rings (SSSR count). The van der Waals surface area contributed by atoms with Gasteiger partial charge in [0.25, 0.3) is 0 Å². The zero-order valence-electron chi connectivity index (χ0n) is 13.4. The summed E-state index contributed by atoms with van der Waals surface area (Å²) in [6, 6.07) is 11.8. The molecule has 23 heavy (non-hydrogen) atoms. The first-order valence-corrected chi connectivity index (χ1v) is 7.58. The molecule has 0 amide bonds. The van der Waals surface area contributed by atoms with Gasteiger partial charge < -0.3 is 9.80 Å². The minimum atomic E-state index is -4.34. The number of rotatable bonds is 2. The minimum Gasteiger partial charge on any atom is -0.355 e. The molecule has 0 saturated heterocycles. The van der Waals surface area contributed by atoms with E-state index in [1.807, 2.05) is 55.0 Å². The average molecular weight is 320 g/mol. The number of halogens is 3. The summed E-state index contributed by atoms with van der Waals surface area (Å²) in [4.78, 5) is 4.00. The molecule has 0 saturated carbocycles. The van der Waals surface area contributed by atoms with Crippen molar-refractivity contribution in [1.82, 2.24) is 0 Å². The van der Waals surface area contributed by atoms with Gasteiger partial charge in [-0.15, -0.1) is 0 Å². The molecule has 1 aliphatic heterocycles. The standard InChI is InChI=1S/C18H19F3N2/c1-12(2)14-9-8-13(18(19,20)21)10-17(14)23-11-22(3)15-6-4-5-7-16(15)23/h4-10,12H,11H2,1-3H3. The van der Waals surface area contributed by atoms with Crippen molar-refractivity contribution >= 4 is 17.1 Å². The van der Waals surface area contributed by atoms with E-state index < -0.39 is 11.7 Å². The van der Waals surface area contributed by atoms with Crippen LogP contribution in [0.25, 0.3) is 0 Å². The van der Waals surface area contributed by atoms with Crippen molar-refractivity contribution in [2.45, 2.75) is 25.9 Å². The fourth-order valence-corrected chi connectivity index (χ4v) is 3.03. The van der Waals surface area contributed by atoms with E-state index in [0.29, 0.717) is 12.4 Å². The predicted molar refractivity (Wildman–Crippen MR) is 87.4 cm³/mol. The number of para-hydroxylation sites is 2. The van der Waals surface area contributed by atoms with Crippen molar-refractivity contribution in [3.8, 4) is 0 Å². The lowest BCUT2D eigenvalue weighted by molar-refractivity contribution is -0.137. The number of hydrogen-bond acceptors (Lipinski definition) is 2. The van der Waals surface area contributed by atoms with E-state index in [1.165, 1.54) is 12.1 Å². The highest BCUT2D eigenvalue weighted by Crippen LogP contribution is 2.44. The molecule has 0 atom stereocenters. The number of benzene rings is 2. The van der Waals surface area contributed by atoms with Crippen molar-refractivity contribution in [2.24, 2.45) is 0 Å². The fourth-order valence-electron chi connectivity index (χ4n) is 3.03. The molecule has 0 aliphatic carbocycles. The van der Waals surface area contributed by atoms with E-state index in [2.05, 4.69) is 0 Å². The smallest absolute Gasteiger partial charge is 0.355 e. The number of nitrogens with zero attached hydrogens (tertiary/aromatic N) is 2. The number of anilines is 3. The maximum Gasteiger partial charge on any atom is 0.416 e. The predicted octanol–water partition coefficient (Wildman–Crippen LogP) is 5.37. The highest BCUT2D eigenvalue weighted by atomic mass is 19.4. The Bertz CT molecular complexity index is 722. The lowest BCUT2D eigenvalue weighted by Gasteiger charge is -2.25. The van der Waals surface area contributed by atoms with Crippen LogP contribution in [0.3, 0.4) is 0 Å². The van der Waals surface area contributed by atoms with Gasteiger partial charge in [0.1, 0.15) is 0 Å². The normalized spacial score (nSPS) is 14.6. The van der Waals surface area contributed by atoms with Crippen molar-refractivity contribution in [3.05, 3.63) is 53.6 Å². The van der Waals surface area contributed by atoms with Gasteiger partial charge in [-0.1, -0.05) is 32.0 Å². The van der Waals surface area contributed by atoms with Crippen LogP contribution in [0.1, 0.15) is 30.9 Å². The van der Waals surface area contributed by atoms with Crippen LogP contribution in [0.4, 0.5) is 30.2 Å². The third-order valence-corrected chi connectivity index (χ3v) is 4.21. The summed E-state index contributed by atoms with van der Waals surface area (Å²) in [5.74, 6) is 0.144. The molecule has 122 valence electrons. The first-order valence-electron chi connectivity index (χ1n) is 7.58. The van der Waals surface area contributed by atoms with Gasteiger partial charge >= 0.3 is 6.18 Å². The second-order valence-corrected chi connectivity index (χ2v) is 6.18. The summed E-state index contributed by atoms with van der Waals surface area (Å²) in [5, 5.41) is 0. The largest absolute Gasteiger partial charge is 0.416 e. The van der Waals surface area contributed by atoms with E-state index >= 15 is 0 Å². The first kappa shape index (κ1) is 15.7. The van der Waals surface area contributed by atoms with E-state index in [0.717, 1.165) is 16.9 Å². The molecular weight excluding hydrogens is 301 g/mol. The second kappa shape index (κ2) is 5.48. The molecule has 2 aromatic carbocycles. The van der Waals surface area contributed by atoms with E-state index in [4.69, 9.17) is 0 Å². The maximum absolute atomic E-state index is 13.1. The molecule has 2 aromatic rings. The van der Waals surface area contributed by atoms with Crippen LogP contribution in [-0.2, 0) is 6.18 Å². The van der Waals surface area contributed by atoms with Gasteiger partial charge in [-0.2, -0.15) is 13.2 Å². The Morgan fingerprint density at radius 3 is 2.22 bits per heavy atom. The Balaban J connectivity index is 2.15. The Labute approximate surface area is 134 Å². The molecule has 1 heterocycles. The highest BCUT2D eigenvalue weighted by Gasteiger charge is 2.33. The SMILES string of the molecule is CC(C)c1ccc(C(F)(F)F)cc1N1CN(C)c2ccccc21. The molecular formula is C18H19F3N2. The fraction of sp³-hybridized carbons (Fsp3) is 0.333. The van der Waals surface area contributed by atoms with Gasteiger partial charge in [-0.05, 0) is 35.7 Å². The summed E-state index contributed by atoms with van der Waals surface area (Å²) >= 11 is 0. The second-order valence-electron chi connectivity index (χ2n) is 6.18. The van der Waals surface area contributed by atoms with Crippen molar-refractivity contribution in [3.63, 3.8) is 0 Å². The number of alkyl halides is 3. The van der Waals surface area contributed by atoms with Gasteiger partial charge in [-0.25, -0.2) is 0 Å². The lowest BCUT2D eigenvalue weighted by Crippen LogP contribution is -2.25. The first-order chi connectivity index (χ1) is 10.8. The zero-order valence-corrected chi connectivity index (χ0v) is 13.4. The summed E-state index contributed by atoms with van der Waals surface area (Å²) < 4.78 is 39.4. The maximum atomic E-state index is 13.1. The Kier molecular flexibility index (Phi) is 3.74. The van der Waals surface area contributed by atoms with Crippen LogP contribution in [0.5, 0.6) is 0 Å². The molecule has 0 unspecified atom stereocenters. The minimum absolute atomic E-state index is 0.144. The van der Waals surface area contributed by atoms with Crippen LogP contribution < -0.4 is 9.80 Å². The van der Waals surface area contributed by atoms with Crippen molar-refractivity contribution in [1.29, 1.82) is 0 Å². The molecule has 0 radical (unpaired) electrons. The van der Waals surface area contributed by atoms with E-state index in [-0.39, 0.29) is 5.92 Å². The molecule has 5 heteroatoms. The van der Waals surface area contributed by atoms with E-state index in [1.54, 1.807) is 6.07 Å². The summed E-state index contributed by atoms with van der Waals surface area (Å²) in [6.07, 6.45) is -4.34. The summed E-state index contributed by atoms with van der Waals surface area (Å²) in [7, 11) is 1.95. The van der Waals surface area contributed by atoms with Crippen LogP contribution >= 0.6 is 0 Å². The summed E-state index contributed by atoms with van der Waals surface area (Å²) in [6.45, 7) is 4.54. The molecule has 0 bridgehead atoms. The van der Waals surface area contributed by atoms with Gasteiger partial charge in [0.2, 0.25) is 0 Å². The molecule has 0 aromatic heterocycles. The van der Waals surface area contributed by atoms with Gasteiger partial charge in [-0.3, -0.25) is 0 Å². The Morgan fingerprint density at radius 1 is 0.957 bits per heavy atom. The lowest BCUT2D eigenvalue weighted by atomic mass is 9.98. The number of fused-ring (bicyclic) bond motifs is 1. The molecule has 2 nitrogen and oxygen atoms in total.